The summed E-state index contributed by atoms with van der Waals surface area (Å²) in [6.07, 6.45) is 4.68. The first kappa shape index (κ1) is 11.1. The number of hydrogen-bond donors (Lipinski definition) is 2. The monoisotopic (exact) mass is 193 g/mol. The Morgan fingerprint density at radius 2 is 2.36 bits per heavy atom. The second-order valence-corrected chi connectivity index (χ2v) is 3.58. The maximum Gasteiger partial charge on any atom is 0.0315 e. The van der Waals surface area contributed by atoms with Crippen LogP contribution in [0.15, 0.2) is 24.5 Å². The first-order chi connectivity index (χ1) is 6.74. The number of aromatic nitrogens is 1. The van der Waals surface area contributed by atoms with Crippen LogP contribution in [0.5, 0.6) is 0 Å². The highest BCUT2D eigenvalue weighted by molar-refractivity contribution is 5.12. The van der Waals surface area contributed by atoms with E-state index in [0.29, 0.717) is 6.04 Å². The Morgan fingerprint density at radius 1 is 1.57 bits per heavy atom. The highest BCUT2D eigenvalue weighted by atomic mass is 14.9. The highest BCUT2D eigenvalue weighted by Gasteiger charge is 2.05. The van der Waals surface area contributed by atoms with Crippen LogP contribution < -0.4 is 11.1 Å². The number of nitrogens with zero attached hydrogens (tertiary/aromatic N) is 1. The summed E-state index contributed by atoms with van der Waals surface area (Å²) in [7, 11) is 0. The highest BCUT2D eigenvalue weighted by Crippen LogP contribution is 2.09. The van der Waals surface area contributed by atoms with Crippen LogP contribution in [-0.2, 0) is 0 Å². The summed E-state index contributed by atoms with van der Waals surface area (Å²) in [5.41, 5.74) is 7.03. The van der Waals surface area contributed by atoms with Crippen LogP contribution >= 0.6 is 0 Å². The predicted molar refractivity (Wildman–Crippen MR) is 58.9 cm³/mol. The molecule has 0 aliphatic heterocycles. The summed E-state index contributed by atoms with van der Waals surface area (Å²) in [5, 5.41) is 3.38. The molecule has 0 aromatic carbocycles. The third kappa shape index (κ3) is 3.44. The first-order valence-corrected chi connectivity index (χ1v) is 5.13. The van der Waals surface area contributed by atoms with E-state index in [9.17, 15) is 0 Å². The molecule has 78 valence electrons. The third-order valence-electron chi connectivity index (χ3n) is 2.40. The molecular formula is C11H19N3. The van der Waals surface area contributed by atoms with E-state index in [2.05, 4.69) is 30.2 Å². The van der Waals surface area contributed by atoms with Crippen molar-refractivity contribution in [1.82, 2.24) is 10.3 Å². The van der Waals surface area contributed by atoms with Gasteiger partial charge in [-0.05, 0) is 25.0 Å². The molecule has 1 rings (SSSR count). The van der Waals surface area contributed by atoms with E-state index in [0.717, 1.165) is 13.0 Å². The van der Waals surface area contributed by atoms with Crippen LogP contribution in [0.25, 0.3) is 0 Å². The lowest BCUT2D eigenvalue weighted by Gasteiger charge is -2.16. The minimum Gasteiger partial charge on any atom is -0.327 e. The van der Waals surface area contributed by atoms with E-state index in [-0.39, 0.29) is 6.04 Å². The molecule has 0 saturated carbocycles. The summed E-state index contributed by atoms with van der Waals surface area (Å²) < 4.78 is 0. The van der Waals surface area contributed by atoms with Gasteiger partial charge in [-0.3, -0.25) is 4.98 Å². The predicted octanol–water partition coefficient (Wildman–Crippen LogP) is 1.47. The average Bonchev–Trinajstić information content (AvgIpc) is 2.26. The van der Waals surface area contributed by atoms with Gasteiger partial charge in [-0.1, -0.05) is 13.0 Å². The van der Waals surface area contributed by atoms with Crippen molar-refractivity contribution in [1.29, 1.82) is 0 Å². The van der Waals surface area contributed by atoms with Crippen molar-refractivity contribution < 1.29 is 0 Å². The zero-order valence-electron chi connectivity index (χ0n) is 8.90. The second-order valence-electron chi connectivity index (χ2n) is 3.58. The maximum absolute atomic E-state index is 5.82. The summed E-state index contributed by atoms with van der Waals surface area (Å²) in [6.45, 7) is 5.08. The van der Waals surface area contributed by atoms with Gasteiger partial charge in [0.05, 0.1) is 0 Å². The smallest absolute Gasteiger partial charge is 0.0315 e. The molecule has 0 bridgehead atoms. The van der Waals surface area contributed by atoms with Gasteiger partial charge in [0, 0.05) is 31.0 Å². The number of nitrogens with one attached hydrogen (secondary N) is 1. The number of nitrogens with two attached hydrogens (primary N) is 1. The second kappa shape index (κ2) is 5.73. The first-order valence-electron chi connectivity index (χ1n) is 5.13. The molecule has 1 heterocycles. The van der Waals surface area contributed by atoms with E-state index in [1.54, 1.807) is 6.20 Å². The van der Waals surface area contributed by atoms with Gasteiger partial charge in [-0.2, -0.15) is 0 Å². The Morgan fingerprint density at radius 3 is 2.93 bits per heavy atom. The van der Waals surface area contributed by atoms with Crippen LogP contribution in [0, 0.1) is 0 Å². The molecule has 0 aliphatic rings. The standard InChI is InChI=1S/C11H19N3/c1-3-11(12)8-14-9(2)10-5-4-6-13-7-10/h4-7,9,11,14H,3,8,12H2,1-2H3. The fourth-order valence-corrected chi connectivity index (χ4v) is 1.22. The van der Waals surface area contributed by atoms with Gasteiger partial charge >= 0.3 is 0 Å². The molecule has 3 N–H and O–H groups in total. The van der Waals surface area contributed by atoms with E-state index in [4.69, 9.17) is 5.73 Å². The zero-order valence-corrected chi connectivity index (χ0v) is 8.90. The molecule has 2 unspecified atom stereocenters. The van der Waals surface area contributed by atoms with E-state index < -0.39 is 0 Å². The Hall–Kier alpha value is -0.930. The summed E-state index contributed by atoms with van der Waals surface area (Å²) in [5.74, 6) is 0. The van der Waals surface area contributed by atoms with Gasteiger partial charge in [0.15, 0.2) is 0 Å². The molecule has 0 aliphatic carbocycles. The van der Waals surface area contributed by atoms with Crippen molar-refractivity contribution in [2.24, 2.45) is 5.73 Å². The molecule has 2 atom stereocenters. The van der Waals surface area contributed by atoms with E-state index in [1.165, 1.54) is 5.56 Å². The molecule has 3 nitrogen and oxygen atoms in total. The Bertz CT molecular complexity index is 248. The molecular weight excluding hydrogens is 174 g/mol. The van der Waals surface area contributed by atoms with Gasteiger partial charge in [0.2, 0.25) is 0 Å². The molecule has 0 spiro atoms. The zero-order chi connectivity index (χ0) is 10.4. The van der Waals surface area contributed by atoms with Crippen molar-refractivity contribution in [3.05, 3.63) is 30.1 Å². The summed E-state index contributed by atoms with van der Waals surface area (Å²) in [6, 6.07) is 4.59. The SMILES string of the molecule is CCC(N)CNC(C)c1cccnc1. The van der Waals surface area contributed by atoms with Crippen molar-refractivity contribution in [2.45, 2.75) is 32.4 Å². The van der Waals surface area contributed by atoms with Crippen LogP contribution in [0.3, 0.4) is 0 Å². The largest absolute Gasteiger partial charge is 0.327 e. The topological polar surface area (TPSA) is 50.9 Å². The summed E-state index contributed by atoms with van der Waals surface area (Å²) >= 11 is 0. The van der Waals surface area contributed by atoms with Crippen LogP contribution in [0.2, 0.25) is 0 Å². The Labute approximate surface area is 85.7 Å². The van der Waals surface area contributed by atoms with Crippen molar-refractivity contribution >= 4 is 0 Å². The lowest BCUT2D eigenvalue weighted by atomic mass is 10.1. The number of pyridine rings is 1. The van der Waals surface area contributed by atoms with Gasteiger partial charge in [-0.25, -0.2) is 0 Å². The third-order valence-corrected chi connectivity index (χ3v) is 2.40. The summed E-state index contributed by atoms with van der Waals surface area (Å²) in [4.78, 5) is 4.08. The fourth-order valence-electron chi connectivity index (χ4n) is 1.22. The van der Waals surface area contributed by atoms with Gasteiger partial charge in [-0.15, -0.1) is 0 Å². The molecule has 0 amide bonds. The molecule has 0 fully saturated rings. The van der Waals surface area contributed by atoms with Gasteiger partial charge in [0.25, 0.3) is 0 Å². The minimum absolute atomic E-state index is 0.245. The van der Waals surface area contributed by atoms with E-state index in [1.807, 2.05) is 12.3 Å². The molecule has 0 radical (unpaired) electrons. The molecule has 1 aromatic heterocycles. The minimum atomic E-state index is 0.245. The average molecular weight is 193 g/mol. The van der Waals surface area contributed by atoms with Crippen molar-refractivity contribution in [3.63, 3.8) is 0 Å². The number of rotatable bonds is 5. The molecule has 1 aromatic rings. The number of hydrogen-bond acceptors (Lipinski definition) is 3. The van der Waals surface area contributed by atoms with Crippen molar-refractivity contribution in [3.8, 4) is 0 Å². The normalized spacial score (nSPS) is 15.1. The van der Waals surface area contributed by atoms with Gasteiger partial charge < -0.3 is 11.1 Å². The molecule has 3 heteroatoms. The fraction of sp³-hybridized carbons (Fsp3) is 0.545. The lowest BCUT2D eigenvalue weighted by molar-refractivity contribution is 0.507. The molecule has 0 saturated heterocycles. The van der Waals surface area contributed by atoms with Crippen LogP contribution in [-0.4, -0.2) is 17.6 Å². The lowest BCUT2D eigenvalue weighted by Crippen LogP contribution is -2.34. The quantitative estimate of drug-likeness (QED) is 0.744. The van der Waals surface area contributed by atoms with Crippen LogP contribution in [0.1, 0.15) is 31.9 Å². The van der Waals surface area contributed by atoms with E-state index >= 15 is 0 Å². The van der Waals surface area contributed by atoms with Crippen LogP contribution in [0.4, 0.5) is 0 Å². The van der Waals surface area contributed by atoms with Gasteiger partial charge in [0.1, 0.15) is 0 Å². The Balaban J connectivity index is 2.39. The van der Waals surface area contributed by atoms with Crippen molar-refractivity contribution in [2.75, 3.05) is 6.54 Å². The molecule has 14 heavy (non-hydrogen) atoms. The maximum atomic E-state index is 5.82. The Kier molecular flexibility index (Phi) is 4.56.